The van der Waals surface area contributed by atoms with Crippen LogP contribution in [0.5, 0.6) is 5.75 Å². The van der Waals surface area contributed by atoms with Crippen molar-refractivity contribution < 1.29 is 9.13 Å². The Balaban J connectivity index is 1.50. The summed E-state index contributed by atoms with van der Waals surface area (Å²) in [5.41, 5.74) is 5.51. The number of nitrogens with one attached hydrogen (secondary N) is 2. The number of nitrogens with zero attached hydrogens (tertiary/aromatic N) is 5. The van der Waals surface area contributed by atoms with Crippen LogP contribution in [0, 0.1) is 5.82 Å². The molecule has 0 atom stereocenters. The van der Waals surface area contributed by atoms with Gasteiger partial charge in [0.25, 0.3) is 0 Å². The van der Waals surface area contributed by atoms with Gasteiger partial charge in [-0.2, -0.15) is 5.10 Å². The van der Waals surface area contributed by atoms with E-state index in [1.807, 2.05) is 30.3 Å². The van der Waals surface area contributed by atoms with Crippen molar-refractivity contribution >= 4 is 22.2 Å². The van der Waals surface area contributed by atoms with Crippen molar-refractivity contribution in [3.8, 4) is 39.7 Å². The van der Waals surface area contributed by atoms with E-state index in [0.717, 1.165) is 22.2 Å². The molecule has 33 heavy (non-hydrogen) atoms. The molecule has 9 heteroatoms. The lowest BCUT2D eigenvalue weighted by Crippen LogP contribution is -1.88. The lowest BCUT2D eigenvalue weighted by atomic mass is 10.1. The topological polar surface area (TPSA) is 105 Å². The molecule has 0 radical (unpaired) electrons. The van der Waals surface area contributed by atoms with Crippen molar-refractivity contribution in [2.24, 2.45) is 0 Å². The third-order valence-corrected chi connectivity index (χ3v) is 5.42. The first-order valence-corrected chi connectivity index (χ1v) is 10.1. The highest BCUT2D eigenvalue weighted by atomic mass is 19.1. The molecule has 0 saturated carbocycles. The van der Waals surface area contributed by atoms with Gasteiger partial charge in [-0.1, -0.05) is 6.07 Å². The normalized spacial score (nSPS) is 11.3. The Morgan fingerprint density at radius 1 is 0.909 bits per heavy atom. The minimum absolute atomic E-state index is 0.387. The number of methoxy groups -OCH3 is 1. The standard InChI is InChI=1S/C24H16FN7O/c1-33-16-9-13(8-15(25)11-16)17-5-7-27-23-20(17)29-24(30-23)21-18-10-14(12-28-22(18)32-31-21)19-4-2-3-6-26-19/h2-12H,1H3,(H,27,29,30)(H,28,31,32). The molecule has 0 aliphatic heterocycles. The Kier molecular flexibility index (Phi) is 4.32. The van der Waals surface area contributed by atoms with E-state index in [1.165, 1.54) is 19.2 Å². The molecule has 5 aromatic heterocycles. The lowest BCUT2D eigenvalue weighted by Gasteiger charge is -2.06. The van der Waals surface area contributed by atoms with Crippen LogP contribution < -0.4 is 4.74 Å². The summed E-state index contributed by atoms with van der Waals surface area (Å²) < 4.78 is 19.4. The van der Waals surface area contributed by atoms with Crippen molar-refractivity contribution in [2.45, 2.75) is 0 Å². The maximum Gasteiger partial charge on any atom is 0.181 e. The number of aromatic amines is 2. The number of imidazole rings is 1. The monoisotopic (exact) mass is 437 g/mol. The van der Waals surface area contributed by atoms with E-state index >= 15 is 0 Å². The molecule has 6 aromatic rings. The molecular formula is C24H16FN7O. The Morgan fingerprint density at radius 2 is 1.85 bits per heavy atom. The molecule has 0 unspecified atom stereocenters. The predicted octanol–water partition coefficient (Wildman–Crippen LogP) is 4.77. The summed E-state index contributed by atoms with van der Waals surface area (Å²) in [5, 5.41) is 8.13. The summed E-state index contributed by atoms with van der Waals surface area (Å²) in [6.07, 6.45) is 5.13. The Bertz CT molecular complexity index is 1620. The van der Waals surface area contributed by atoms with Gasteiger partial charge in [-0.05, 0) is 42.0 Å². The van der Waals surface area contributed by atoms with Crippen molar-refractivity contribution in [2.75, 3.05) is 7.11 Å². The zero-order valence-electron chi connectivity index (χ0n) is 17.4. The van der Waals surface area contributed by atoms with Crippen molar-refractivity contribution in [1.82, 2.24) is 35.1 Å². The highest BCUT2D eigenvalue weighted by Gasteiger charge is 2.17. The zero-order chi connectivity index (χ0) is 22.4. The molecule has 160 valence electrons. The van der Waals surface area contributed by atoms with Crippen LogP contribution in [0.15, 0.2) is 67.1 Å². The van der Waals surface area contributed by atoms with E-state index in [4.69, 9.17) is 4.74 Å². The number of H-pyrrole nitrogens is 2. The average Bonchev–Trinajstić information content (AvgIpc) is 3.47. The number of fused-ring (bicyclic) bond motifs is 2. The van der Waals surface area contributed by atoms with E-state index in [-0.39, 0.29) is 5.82 Å². The van der Waals surface area contributed by atoms with Crippen LogP contribution in [0.3, 0.4) is 0 Å². The number of ether oxygens (including phenoxy) is 1. The van der Waals surface area contributed by atoms with Crippen LogP contribution in [0.1, 0.15) is 0 Å². The van der Waals surface area contributed by atoms with E-state index in [9.17, 15) is 4.39 Å². The third-order valence-electron chi connectivity index (χ3n) is 5.42. The molecule has 8 nitrogen and oxygen atoms in total. The highest BCUT2D eigenvalue weighted by molar-refractivity contribution is 5.96. The SMILES string of the molecule is COc1cc(F)cc(-c2ccnc3nc(-c4[nH]nc5ncc(-c6ccccn6)cc45)[nH]c23)c1. The van der Waals surface area contributed by atoms with E-state index < -0.39 is 0 Å². The number of halogens is 1. The van der Waals surface area contributed by atoms with Gasteiger partial charge in [-0.25, -0.2) is 19.3 Å². The minimum Gasteiger partial charge on any atom is -0.497 e. The van der Waals surface area contributed by atoms with Crippen LogP contribution in [0.2, 0.25) is 0 Å². The van der Waals surface area contributed by atoms with Crippen molar-refractivity contribution in [3.63, 3.8) is 0 Å². The first-order valence-electron chi connectivity index (χ1n) is 10.1. The van der Waals surface area contributed by atoms with Crippen LogP contribution in [-0.2, 0) is 0 Å². The number of hydrogen-bond donors (Lipinski definition) is 2. The maximum absolute atomic E-state index is 14.1. The molecule has 1 aromatic carbocycles. The van der Waals surface area contributed by atoms with Gasteiger partial charge in [0.05, 0.1) is 23.7 Å². The lowest BCUT2D eigenvalue weighted by molar-refractivity contribution is 0.411. The molecule has 0 bridgehead atoms. The van der Waals surface area contributed by atoms with Gasteiger partial charge in [0.1, 0.15) is 17.3 Å². The third kappa shape index (κ3) is 3.26. The summed E-state index contributed by atoms with van der Waals surface area (Å²) in [6.45, 7) is 0. The second kappa shape index (κ2) is 7.49. The molecule has 0 amide bonds. The largest absolute Gasteiger partial charge is 0.497 e. The predicted molar refractivity (Wildman–Crippen MR) is 122 cm³/mol. The summed E-state index contributed by atoms with van der Waals surface area (Å²) in [5.74, 6) is 0.597. The molecule has 0 fully saturated rings. The van der Waals surface area contributed by atoms with Gasteiger partial charge in [-0.15, -0.1) is 0 Å². The van der Waals surface area contributed by atoms with Gasteiger partial charge in [0.2, 0.25) is 0 Å². The number of aromatic nitrogens is 7. The Hall–Kier alpha value is -4.66. The Labute approximate surface area is 186 Å². The first-order chi connectivity index (χ1) is 16.2. The fraction of sp³-hybridized carbons (Fsp3) is 0.0417. The van der Waals surface area contributed by atoms with Crippen molar-refractivity contribution in [3.05, 3.63) is 72.9 Å². The smallest absolute Gasteiger partial charge is 0.181 e. The van der Waals surface area contributed by atoms with Gasteiger partial charge in [0, 0.05) is 35.8 Å². The summed E-state index contributed by atoms with van der Waals surface area (Å²) in [7, 11) is 1.51. The molecule has 0 saturated heterocycles. The van der Waals surface area contributed by atoms with Crippen molar-refractivity contribution in [1.29, 1.82) is 0 Å². The van der Waals surface area contributed by atoms with E-state index in [0.29, 0.717) is 39.6 Å². The zero-order valence-corrected chi connectivity index (χ0v) is 17.4. The molecule has 2 N–H and O–H groups in total. The molecule has 0 aliphatic rings. The van der Waals surface area contributed by atoms with Gasteiger partial charge in [-0.3, -0.25) is 10.1 Å². The molecule has 0 aliphatic carbocycles. The maximum atomic E-state index is 14.1. The first kappa shape index (κ1) is 19.1. The molecule has 5 heterocycles. The van der Waals surface area contributed by atoms with E-state index in [1.54, 1.807) is 24.7 Å². The second-order valence-electron chi connectivity index (χ2n) is 7.43. The van der Waals surface area contributed by atoms with Gasteiger partial charge < -0.3 is 9.72 Å². The quantitative estimate of drug-likeness (QED) is 0.411. The minimum atomic E-state index is -0.387. The number of pyridine rings is 3. The number of rotatable bonds is 4. The highest BCUT2D eigenvalue weighted by Crippen LogP contribution is 2.33. The molecule has 0 spiro atoms. The summed E-state index contributed by atoms with van der Waals surface area (Å²) in [6, 6.07) is 14.1. The van der Waals surface area contributed by atoms with E-state index in [2.05, 4.69) is 35.1 Å². The summed E-state index contributed by atoms with van der Waals surface area (Å²) in [4.78, 5) is 21.2. The molecular weight excluding hydrogens is 421 g/mol. The van der Waals surface area contributed by atoms with Crippen LogP contribution in [0.25, 0.3) is 56.1 Å². The fourth-order valence-corrected chi connectivity index (χ4v) is 3.86. The average molecular weight is 437 g/mol. The van der Waals surface area contributed by atoms with Gasteiger partial charge >= 0.3 is 0 Å². The number of hydrogen-bond acceptors (Lipinski definition) is 6. The van der Waals surface area contributed by atoms with Crippen LogP contribution >= 0.6 is 0 Å². The van der Waals surface area contributed by atoms with Gasteiger partial charge in [0.15, 0.2) is 17.1 Å². The number of benzene rings is 1. The molecule has 6 rings (SSSR count). The second-order valence-corrected chi connectivity index (χ2v) is 7.43. The summed E-state index contributed by atoms with van der Waals surface area (Å²) >= 11 is 0. The van der Waals surface area contributed by atoms with Crippen LogP contribution in [-0.4, -0.2) is 42.2 Å². The van der Waals surface area contributed by atoms with Crippen LogP contribution in [0.4, 0.5) is 4.39 Å². The fourth-order valence-electron chi connectivity index (χ4n) is 3.86. The Morgan fingerprint density at radius 3 is 2.70 bits per heavy atom.